The Bertz CT molecular complexity index is 1270. The number of nitrogens with zero attached hydrogens (tertiary/aromatic N) is 5. The summed E-state index contributed by atoms with van der Waals surface area (Å²) in [6.07, 6.45) is 1.85. The van der Waals surface area contributed by atoms with Gasteiger partial charge in [0.1, 0.15) is 25.0 Å². The van der Waals surface area contributed by atoms with E-state index in [4.69, 9.17) is 9.57 Å². The number of carboxylic acid groups (broad SMARTS) is 1. The summed E-state index contributed by atoms with van der Waals surface area (Å²) >= 11 is 0. The lowest BCUT2D eigenvalue weighted by atomic mass is 10.2. The Labute approximate surface area is 211 Å². The standard InChI is InChI=1S/C23H27N7O7/c1-23(2,3)36-22(35)24-9-10-29(12-17(32)33)16(31)11-30-14-27-18-19(25-13-26-20(18)30)28-37-21(34)15-7-5-4-6-8-15/h4-8,13-14H,9-12H2,1-3H3,(H,24,35)(H,32,33)(H,25,26,28). The highest BCUT2D eigenvalue weighted by Crippen LogP contribution is 2.18. The first-order valence-corrected chi connectivity index (χ1v) is 11.2. The summed E-state index contributed by atoms with van der Waals surface area (Å²) < 4.78 is 6.53. The van der Waals surface area contributed by atoms with E-state index in [1.54, 1.807) is 51.1 Å². The van der Waals surface area contributed by atoms with Crippen molar-refractivity contribution in [3.05, 3.63) is 48.5 Å². The summed E-state index contributed by atoms with van der Waals surface area (Å²) in [5.74, 6) is -2.29. The number of anilines is 1. The molecule has 0 aliphatic carbocycles. The van der Waals surface area contributed by atoms with Crippen LogP contribution in [0.2, 0.25) is 0 Å². The molecule has 1 aromatic carbocycles. The average Bonchev–Trinajstić information content (AvgIpc) is 3.24. The van der Waals surface area contributed by atoms with Crippen molar-refractivity contribution in [2.24, 2.45) is 0 Å². The van der Waals surface area contributed by atoms with Crippen molar-refractivity contribution in [1.29, 1.82) is 0 Å². The van der Waals surface area contributed by atoms with Gasteiger partial charge < -0.3 is 29.5 Å². The lowest BCUT2D eigenvalue weighted by molar-refractivity contribution is -0.144. The van der Waals surface area contributed by atoms with Gasteiger partial charge in [-0.05, 0) is 32.9 Å². The highest BCUT2D eigenvalue weighted by atomic mass is 16.7. The zero-order valence-corrected chi connectivity index (χ0v) is 20.5. The Balaban J connectivity index is 1.65. The molecule has 0 saturated carbocycles. The van der Waals surface area contributed by atoms with Gasteiger partial charge in [-0.25, -0.2) is 24.5 Å². The van der Waals surface area contributed by atoms with Crippen molar-refractivity contribution >= 4 is 40.9 Å². The van der Waals surface area contributed by atoms with Crippen LogP contribution in [0.4, 0.5) is 10.6 Å². The van der Waals surface area contributed by atoms with Crippen molar-refractivity contribution in [3.63, 3.8) is 0 Å². The Morgan fingerprint density at radius 2 is 1.81 bits per heavy atom. The molecule has 0 radical (unpaired) electrons. The molecule has 3 N–H and O–H groups in total. The molecule has 0 unspecified atom stereocenters. The van der Waals surface area contributed by atoms with E-state index in [-0.39, 0.29) is 36.6 Å². The van der Waals surface area contributed by atoms with Gasteiger partial charge in [0.2, 0.25) is 5.91 Å². The number of hydrogen-bond donors (Lipinski definition) is 3. The third kappa shape index (κ3) is 7.88. The number of aromatic nitrogens is 4. The van der Waals surface area contributed by atoms with Crippen LogP contribution in [0.15, 0.2) is 43.0 Å². The number of ether oxygens (including phenoxy) is 1. The topological polar surface area (TPSA) is 178 Å². The number of fused-ring (bicyclic) bond motifs is 1. The molecule has 2 aromatic heterocycles. The average molecular weight is 514 g/mol. The molecule has 2 amide bonds. The lowest BCUT2D eigenvalue weighted by Gasteiger charge is -2.23. The van der Waals surface area contributed by atoms with Crippen molar-refractivity contribution in [2.75, 3.05) is 25.1 Å². The first kappa shape index (κ1) is 26.8. The molecule has 0 atom stereocenters. The van der Waals surface area contributed by atoms with E-state index in [0.717, 1.165) is 4.90 Å². The normalized spacial score (nSPS) is 11.0. The Kier molecular flexibility index (Phi) is 8.55. The molecule has 196 valence electrons. The van der Waals surface area contributed by atoms with Gasteiger partial charge in [-0.3, -0.25) is 9.59 Å². The lowest BCUT2D eigenvalue weighted by Crippen LogP contribution is -2.43. The number of alkyl carbamates (subject to hydrolysis) is 1. The molecule has 14 heteroatoms. The van der Waals surface area contributed by atoms with Crippen LogP contribution < -0.4 is 10.8 Å². The number of aliphatic carboxylic acids is 1. The fourth-order valence-electron chi connectivity index (χ4n) is 3.11. The molecule has 2 heterocycles. The molecule has 0 saturated heterocycles. The first-order chi connectivity index (χ1) is 17.5. The molecule has 0 aliphatic rings. The highest BCUT2D eigenvalue weighted by molar-refractivity contribution is 5.91. The monoisotopic (exact) mass is 513 g/mol. The summed E-state index contributed by atoms with van der Waals surface area (Å²) in [6.45, 7) is 4.20. The molecule has 0 aliphatic heterocycles. The number of rotatable bonds is 10. The molecule has 3 aromatic rings. The van der Waals surface area contributed by atoms with Crippen LogP contribution in [0, 0.1) is 0 Å². The van der Waals surface area contributed by atoms with E-state index in [9.17, 15) is 24.3 Å². The van der Waals surface area contributed by atoms with Crippen LogP contribution in [0.1, 0.15) is 31.1 Å². The van der Waals surface area contributed by atoms with Gasteiger partial charge in [0.25, 0.3) is 0 Å². The number of carbonyl (C=O) groups excluding carboxylic acids is 3. The van der Waals surface area contributed by atoms with Gasteiger partial charge in [0.05, 0.1) is 11.9 Å². The van der Waals surface area contributed by atoms with Crippen LogP contribution in [0.5, 0.6) is 0 Å². The summed E-state index contributed by atoms with van der Waals surface area (Å²) in [4.78, 5) is 66.7. The summed E-state index contributed by atoms with van der Waals surface area (Å²) in [5, 5.41) is 11.7. The van der Waals surface area contributed by atoms with E-state index in [2.05, 4.69) is 25.7 Å². The van der Waals surface area contributed by atoms with Crippen LogP contribution in [-0.4, -0.2) is 78.7 Å². The molecule has 0 fully saturated rings. The fourth-order valence-corrected chi connectivity index (χ4v) is 3.11. The summed E-state index contributed by atoms with van der Waals surface area (Å²) in [6, 6.07) is 8.33. The molecule has 3 rings (SSSR count). The Morgan fingerprint density at radius 1 is 1.08 bits per heavy atom. The molecular weight excluding hydrogens is 486 g/mol. The maximum atomic E-state index is 12.9. The van der Waals surface area contributed by atoms with E-state index in [1.807, 2.05) is 0 Å². The number of amides is 2. The van der Waals surface area contributed by atoms with Crippen LogP contribution >= 0.6 is 0 Å². The maximum Gasteiger partial charge on any atom is 0.407 e. The van der Waals surface area contributed by atoms with Gasteiger partial charge in [-0.15, -0.1) is 0 Å². The maximum absolute atomic E-state index is 12.9. The third-order valence-electron chi connectivity index (χ3n) is 4.69. The minimum absolute atomic E-state index is 0.0123. The van der Waals surface area contributed by atoms with Crippen molar-refractivity contribution in [3.8, 4) is 0 Å². The van der Waals surface area contributed by atoms with Gasteiger partial charge >= 0.3 is 18.0 Å². The number of carbonyl (C=O) groups is 4. The van der Waals surface area contributed by atoms with Crippen molar-refractivity contribution in [1.82, 2.24) is 29.7 Å². The SMILES string of the molecule is CC(C)(C)OC(=O)NCCN(CC(=O)O)C(=O)Cn1cnc2c(NOC(=O)c3ccccc3)ncnc21. The van der Waals surface area contributed by atoms with Gasteiger partial charge in [-0.1, -0.05) is 18.2 Å². The number of carboxylic acids is 1. The number of benzene rings is 1. The number of imidazole rings is 1. The number of nitrogens with one attached hydrogen (secondary N) is 2. The van der Waals surface area contributed by atoms with Crippen LogP contribution in [0.25, 0.3) is 11.2 Å². The van der Waals surface area contributed by atoms with Gasteiger partial charge in [0, 0.05) is 13.1 Å². The largest absolute Gasteiger partial charge is 0.480 e. The van der Waals surface area contributed by atoms with Gasteiger partial charge in [-0.2, -0.15) is 5.48 Å². The molecule has 0 bridgehead atoms. The third-order valence-corrected chi connectivity index (χ3v) is 4.69. The smallest absolute Gasteiger partial charge is 0.407 e. The fraction of sp³-hybridized carbons (Fsp3) is 0.348. The van der Waals surface area contributed by atoms with Crippen LogP contribution in [-0.2, 0) is 25.7 Å². The highest BCUT2D eigenvalue weighted by Gasteiger charge is 2.21. The van der Waals surface area contributed by atoms with E-state index in [1.165, 1.54) is 17.2 Å². The van der Waals surface area contributed by atoms with Gasteiger partial charge in [0.15, 0.2) is 17.0 Å². The zero-order valence-electron chi connectivity index (χ0n) is 20.5. The Morgan fingerprint density at radius 3 is 2.49 bits per heavy atom. The first-order valence-electron chi connectivity index (χ1n) is 11.2. The predicted octanol–water partition coefficient (Wildman–Crippen LogP) is 1.45. The summed E-state index contributed by atoms with van der Waals surface area (Å²) in [7, 11) is 0. The zero-order chi connectivity index (χ0) is 27.0. The molecule has 14 nitrogen and oxygen atoms in total. The van der Waals surface area contributed by atoms with E-state index >= 15 is 0 Å². The summed E-state index contributed by atoms with van der Waals surface area (Å²) in [5.41, 5.74) is 2.57. The predicted molar refractivity (Wildman–Crippen MR) is 129 cm³/mol. The van der Waals surface area contributed by atoms with Crippen molar-refractivity contribution in [2.45, 2.75) is 32.9 Å². The second-order valence-corrected chi connectivity index (χ2v) is 8.76. The minimum Gasteiger partial charge on any atom is -0.480 e. The number of hydrogen-bond acceptors (Lipinski definition) is 10. The quantitative estimate of drug-likeness (QED) is 0.334. The molecule has 0 spiro atoms. The van der Waals surface area contributed by atoms with Crippen LogP contribution in [0.3, 0.4) is 0 Å². The second kappa shape index (κ2) is 11.8. The second-order valence-electron chi connectivity index (χ2n) is 8.76. The molecular formula is C23H27N7O7. The molecule has 37 heavy (non-hydrogen) atoms. The Hall–Kier alpha value is -4.75. The minimum atomic E-state index is -1.21. The van der Waals surface area contributed by atoms with Crippen molar-refractivity contribution < 1.29 is 33.9 Å². The van der Waals surface area contributed by atoms with E-state index in [0.29, 0.717) is 5.56 Å². The van der Waals surface area contributed by atoms with E-state index < -0.39 is 36.1 Å².